The molecule has 0 fully saturated rings. The number of ether oxygens (including phenoxy) is 4. The maximum atomic E-state index is 13.7. The van der Waals surface area contributed by atoms with Crippen LogP contribution in [0, 0.1) is 0 Å². The molecule has 1 radical (unpaired) electrons. The molecule has 3 aromatic rings. The van der Waals surface area contributed by atoms with Gasteiger partial charge >= 0.3 is 305 Å². The number of anilines is 1. The van der Waals surface area contributed by atoms with Crippen molar-refractivity contribution >= 4 is 38.1 Å². The van der Waals surface area contributed by atoms with Crippen LogP contribution in [-0.4, -0.2) is 74.7 Å². The predicted molar refractivity (Wildman–Crippen MR) is 179 cm³/mol. The molecule has 2 atom stereocenters. The Morgan fingerprint density at radius 1 is 0.981 bits per heavy atom. The van der Waals surface area contributed by atoms with E-state index in [2.05, 4.69) is 9.97 Å². The van der Waals surface area contributed by atoms with Crippen LogP contribution in [0.25, 0.3) is 0 Å². The molecule has 0 bridgehead atoms. The summed E-state index contributed by atoms with van der Waals surface area (Å²) in [6, 6.07) is 4.51. The number of hydrogen-bond acceptors (Lipinski definition) is 9. The van der Waals surface area contributed by atoms with Crippen molar-refractivity contribution in [2.24, 2.45) is 0 Å². The van der Waals surface area contributed by atoms with Gasteiger partial charge in [-0.2, -0.15) is 0 Å². The van der Waals surface area contributed by atoms with Gasteiger partial charge in [0, 0.05) is 0 Å². The molecule has 0 spiro atoms. The Morgan fingerprint density at radius 2 is 1.65 bits per heavy atom. The molecule has 2 aromatic heterocycles. The molecule has 0 saturated carbocycles. The first-order valence-electron chi connectivity index (χ1n) is 16.5. The molecule has 17 heteroatoms. The fraction of sp³-hybridized carbons (Fsp3) is 0.514. The number of amides is 1. The topological polar surface area (TPSA) is 113 Å². The molecule has 52 heavy (non-hydrogen) atoms. The van der Waals surface area contributed by atoms with Gasteiger partial charge in [0.2, 0.25) is 0 Å². The molecular weight excluding hydrogens is 761 g/mol. The van der Waals surface area contributed by atoms with Gasteiger partial charge in [0.1, 0.15) is 0 Å². The summed E-state index contributed by atoms with van der Waals surface area (Å²) < 4.78 is 104. The van der Waals surface area contributed by atoms with Gasteiger partial charge in [0.15, 0.2) is 0 Å². The van der Waals surface area contributed by atoms with E-state index in [9.17, 15) is 35.9 Å². The molecule has 1 aliphatic heterocycles. The van der Waals surface area contributed by atoms with Gasteiger partial charge in [-0.3, -0.25) is 0 Å². The fourth-order valence-corrected chi connectivity index (χ4v) is 8.15. The Kier molecular flexibility index (Phi) is 13.2. The van der Waals surface area contributed by atoms with E-state index >= 15 is 0 Å². The number of benzene rings is 1. The average Bonchev–Trinajstić information content (AvgIpc) is 3.05. The predicted octanol–water partition coefficient (Wildman–Crippen LogP) is 6.97. The van der Waals surface area contributed by atoms with Crippen molar-refractivity contribution in [3.05, 3.63) is 70.2 Å². The zero-order valence-corrected chi connectivity index (χ0v) is 31.4. The van der Waals surface area contributed by atoms with Crippen molar-refractivity contribution in [2.45, 2.75) is 95.6 Å². The van der Waals surface area contributed by atoms with Crippen LogP contribution in [0.3, 0.4) is 0 Å². The first-order valence-corrected chi connectivity index (χ1v) is 18.5. The number of hydrogen-bond donors (Lipinski definition) is 0. The van der Waals surface area contributed by atoms with E-state index in [0.29, 0.717) is 52.4 Å². The first kappa shape index (κ1) is 40.9. The number of carbonyl (C=O) groups excluding carboxylic acids is 2. The number of halogens is 6. The van der Waals surface area contributed by atoms with Crippen molar-refractivity contribution in [3.63, 3.8) is 0 Å². The minimum atomic E-state index is -5.03. The normalized spacial score (nSPS) is 16.6. The van der Waals surface area contributed by atoms with Gasteiger partial charge in [-0.1, -0.05) is 0 Å². The molecule has 1 aromatic carbocycles. The van der Waals surface area contributed by atoms with E-state index in [1.54, 1.807) is 44.7 Å². The summed E-state index contributed by atoms with van der Waals surface area (Å²) in [6.07, 6.45) is -8.56. The summed E-state index contributed by atoms with van der Waals surface area (Å²) in [7, 11) is 1.46. The average molecular weight is 802 g/mol. The molecule has 10 nitrogen and oxygen atoms in total. The van der Waals surface area contributed by atoms with E-state index in [1.165, 1.54) is 13.3 Å². The zero-order valence-electron chi connectivity index (χ0n) is 29.5. The number of carbonyl (C=O) groups is 2. The quantitative estimate of drug-likeness (QED) is 0.0830. The molecule has 0 saturated heterocycles. The zero-order chi connectivity index (χ0) is 38.4. The Hall–Kier alpha value is -3.91. The van der Waals surface area contributed by atoms with E-state index in [1.807, 2.05) is 6.92 Å². The standard InChI is InChI=1S/C35H40AsF6N4O6/c1-7-24-17-25(30-27(9-10-28(45-30)49-6)46(24)32(48)51-8-2)36-31-43-18-21(19-50-12-11-29(47)52-33(3,4)5)26(44-31)15-20-13-22(34(37,38)39)16-23(14-20)35(40,41)42/h9-10,13-14,16,18,24-25H,7-8,11-12,15,17,19H2,1-6H3/t24-,25+/m1/s1. The minimum absolute atomic E-state index is 0.0640. The van der Waals surface area contributed by atoms with Gasteiger partial charge in [0.25, 0.3) is 0 Å². The molecule has 1 aliphatic rings. The summed E-state index contributed by atoms with van der Waals surface area (Å²) in [4.78, 5) is 40.6. The van der Waals surface area contributed by atoms with Crippen LogP contribution in [-0.2, 0) is 44.4 Å². The molecule has 3 heterocycles. The van der Waals surface area contributed by atoms with Gasteiger partial charge in [-0.05, 0) is 0 Å². The third-order valence-electron chi connectivity index (χ3n) is 7.82. The number of esters is 1. The number of methoxy groups -OCH3 is 1. The third-order valence-corrected chi connectivity index (χ3v) is 10.4. The Morgan fingerprint density at radius 3 is 2.23 bits per heavy atom. The van der Waals surface area contributed by atoms with Gasteiger partial charge in [-0.15, -0.1) is 0 Å². The van der Waals surface area contributed by atoms with Crippen LogP contribution < -0.4 is 14.2 Å². The van der Waals surface area contributed by atoms with Gasteiger partial charge in [-0.25, -0.2) is 0 Å². The number of aromatic nitrogens is 3. The summed E-state index contributed by atoms with van der Waals surface area (Å²) in [6.45, 7) is 8.73. The van der Waals surface area contributed by atoms with Gasteiger partial charge in [0.05, 0.1) is 0 Å². The molecule has 4 rings (SSSR count). The van der Waals surface area contributed by atoms with Crippen LogP contribution in [0.5, 0.6) is 5.88 Å². The Bertz CT molecular complexity index is 1700. The first-order chi connectivity index (χ1) is 24.3. The van der Waals surface area contributed by atoms with Crippen molar-refractivity contribution < 1.29 is 54.9 Å². The summed E-state index contributed by atoms with van der Waals surface area (Å²) in [5, 5.41) is 0. The SMILES string of the molecule is CCOC(=O)N1c2ccc(OC)nc2[C@@H]([As]c2ncc(COCCC(=O)OC(C)(C)C)c(Cc3cc(C(F)(F)F)cc(C(F)(F)F)c3)n2)C[C@H]1CC. The molecule has 283 valence electrons. The molecular formula is C35H40AsF6N4O6. The molecule has 1 amide bonds. The van der Waals surface area contributed by atoms with E-state index in [0.717, 1.165) is 0 Å². The van der Waals surface area contributed by atoms with Crippen molar-refractivity contribution in [2.75, 3.05) is 25.2 Å². The second-order valence-corrected chi connectivity index (χ2v) is 15.6. The monoisotopic (exact) mass is 801 g/mol. The summed E-state index contributed by atoms with van der Waals surface area (Å²) in [5.41, 5.74) is -2.26. The molecule has 0 aliphatic carbocycles. The summed E-state index contributed by atoms with van der Waals surface area (Å²) in [5.74, 6) is -0.189. The second-order valence-electron chi connectivity index (χ2n) is 12.9. The van der Waals surface area contributed by atoms with Gasteiger partial charge < -0.3 is 0 Å². The van der Waals surface area contributed by atoms with Crippen LogP contribution in [0.15, 0.2) is 36.5 Å². The van der Waals surface area contributed by atoms with Crippen LogP contribution >= 0.6 is 0 Å². The third kappa shape index (κ3) is 10.8. The molecule has 0 unspecified atom stereocenters. The fourth-order valence-electron chi connectivity index (χ4n) is 5.54. The van der Waals surface area contributed by atoms with E-state index in [-0.39, 0.29) is 54.3 Å². The molecule has 0 N–H and O–H groups in total. The maximum absolute atomic E-state index is 13.7. The number of rotatable bonds is 12. The van der Waals surface area contributed by atoms with E-state index < -0.39 is 63.3 Å². The number of fused-ring (bicyclic) bond motifs is 1. The number of alkyl halides is 6. The van der Waals surface area contributed by atoms with Crippen LogP contribution in [0.2, 0.25) is 0 Å². The van der Waals surface area contributed by atoms with Crippen molar-refractivity contribution in [3.8, 4) is 5.88 Å². The van der Waals surface area contributed by atoms with Crippen molar-refractivity contribution in [1.29, 1.82) is 0 Å². The number of nitrogens with zero attached hydrogens (tertiary/aromatic N) is 4. The van der Waals surface area contributed by atoms with Crippen LogP contribution in [0.1, 0.15) is 92.2 Å². The Labute approximate surface area is 304 Å². The van der Waals surface area contributed by atoms with Crippen molar-refractivity contribution in [1.82, 2.24) is 15.0 Å². The van der Waals surface area contributed by atoms with Crippen LogP contribution in [0.4, 0.5) is 36.8 Å². The Balaban J connectivity index is 1.71. The second kappa shape index (κ2) is 16.8. The number of pyridine rings is 1. The van der Waals surface area contributed by atoms with E-state index in [4.69, 9.17) is 23.9 Å². The summed E-state index contributed by atoms with van der Waals surface area (Å²) >= 11 is -0.963.